The Morgan fingerprint density at radius 3 is 2.65 bits per heavy atom. The van der Waals surface area contributed by atoms with Gasteiger partial charge in [0.2, 0.25) is 0 Å². The van der Waals surface area contributed by atoms with Crippen LogP contribution in [0.2, 0.25) is 0 Å². The van der Waals surface area contributed by atoms with Gasteiger partial charge in [-0.3, -0.25) is 4.98 Å². The summed E-state index contributed by atoms with van der Waals surface area (Å²) in [4.78, 5) is 15.8. The number of hydrogen-bond donors (Lipinski definition) is 3. The summed E-state index contributed by atoms with van der Waals surface area (Å²) in [5.41, 5.74) is 3.17. The van der Waals surface area contributed by atoms with E-state index in [1.54, 1.807) is 6.20 Å². The molecule has 5 nitrogen and oxygen atoms in total. The highest BCUT2D eigenvalue weighted by atomic mass is 16.3. The molecule has 2 aromatic rings. The first-order chi connectivity index (χ1) is 11.2. The number of aryl methyl sites for hydroxylation is 1. The molecule has 23 heavy (non-hydrogen) atoms. The fourth-order valence-corrected chi connectivity index (χ4v) is 2.32. The van der Waals surface area contributed by atoms with Crippen LogP contribution in [0.3, 0.4) is 0 Å². The number of carbonyl (C=O) groups excluding carboxylic acids is 1. The van der Waals surface area contributed by atoms with Gasteiger partial charge in [0.1, 0.15) is 0 Å². The number of benzene rings is 1. The normalized spacial score (nSPS) is 11.7. The van der Waals surface area contributed by atoms with Crippen LogP contribution in [0.15, 0.2) is 48.8 Å². The maximum Gasteiger partial charge on any atom is 0.314 e. The van der Waals surface area contributed by atoms with Crippen molar-refractivity contribution in [1.82, 2.24) is 15.6 Å². The third-order valence-electron chi connectivity index (χ3n) is 3.70. The van der Waals surface area contributed by atoms with Crippen LogP contribution in [0.4, 0.5) is 4.79 Å². The van der Waals surface area contributed by atoms with Crippen molar-refractivity contribution in [1.29, 1.82) is 0 Å². The van der Waals surface area contributed by atoms with E-state index in [0.717, 1.165) is 17.5 Å². The van der Waals surface area contributed by atoms with Gasteiger partial charge in [-0.15, -0.1) is 0 Å². The van der Waals surface area contributed by atoms with Gasteiger partial charge in [0.25, 0.3) is 0 Å². The van der Waals surface area contributed by atoms with Crippen LogP contribution < -0.4 is 10.6 Å². The lowest BCUT2D eigenvalue weighted by Gasteiger charge is -2.12. The third-order valence-corrected chi connectivity index (χ3v) is 3.70. The van der Waals surface area contributed by atoms with E-state index in [2.05, 4.69) is 15.6 Å². The van der Waals surface area contributed by atoms with Crippen molar-refractivity contribution in [2.45, 2.75) is 25.9 Å². The van der Waals surface area contributed by atoms with E-state index in [1.807, 2.05) is 49.5 Å². The lowest BCUT2D eigenvalue weighted by molar-refractivity contribution is 0.167. The molecule has 0 radical (unpaired) electrons. The number of aliphatic hydroxyl groups excluding tert-OH is 1. The van der Waals surface area contributed by atoms with Gasteiger partial charge >= 0.3 is 6.03 Å². The molecule has 1 aromatic heterocycles. The minimum Gasteiger partial charge on any atom is -0.388 e. The predicted molar refractivity (Wildman–Crippen MR) is 90.1 cm³/mol. The van der Waals surface area contributed by atoms with Crippen molar-refractivity contribution in [3.8, 4) is 0 Å². The molecule has 0 aliphatic carbocycles. The van der Waals surface area contributed by atoms with Crippen LogP contribution in [-0.4, -0.2) is 29.2 Å². The number of carbonyl (C=O) groups is 1. The van der Waals surface area contributed by atoms with Gasteiger partial charge < -0.3 is 15.7 Å². The second kappa shape index (κ2) is 8.90. The average Bonchev–Trinajstić information content (AvgIpc) is 2.57. The van der Waals surface area contributed by atoms with E-state index in [0.29, 0.717) is 19.5 Å². The molecule has 0 aliphatic rings. The lowest BCUT2D eigenvalue weighted by atomic mass is 10.1. The maximum atomic E-state index is 11.7. The Kier molecular flexibility index (Phi) is 6.56. The van der Waals surface area contributed by atoms with Crippen molar-refractivity contribution in [2.24, 2.45) is 0 Å². The first-order valence-electron chi connectivity index (χ1n) is 7.81. The molecule has 0 saturated carbocycles. The van der Waals surface area contributed by atoms with Crippen molar-refractivity contribution in [2.75, 3.05) is 13.1 Å². The summed E-state index contributed by atoms with van der Waals surface area (Å²) in [7, 11) is 0. The molecule has 0 spiro atoms. The molecule has 0 aliphatic heterocycles. The summed E-state index contributed by atoms with van der Waals surface area (Å²) in [5.74, 6) is 0. The Balaban J connectivity index is 1.63. The van der Waals surface area contributed by atoms with Gasteiger partial charge in [-0.25, -0.2) is 4.79 Å². The highest BCUT2D eigenvalue weighted by Crippen LogP contribution is 2.14. The van der Waals surface area contributed by atoms with Gasteiger partial charge in [-0.2, -0.15) is 0 Å². The smallest absolute Gasteiger partial charge is 0.314 e. The van der Waals surface area contributed by atoms with E-state index >= 15 is 0 Å². The van der Waals surface area contributed by atoms with Gasteiger partial charge in [0.15, 0.2) is 0 Å². The summed E-state index contributed by atoms with van der Waals surface area (Å²) >= 11 is 0. The first-order valence-corrected chi connectivity index (χ1v) is 7.81. The highest BCUT2D eigenvalue weighted by molar-refractivity contribution is 5.73. The third kappa shape index (κ3) is 5.71. The maximum absolute atomic E-state index is 11.7. The Labute approximate surface area is 136 Å². The minimum absolute atomic E-state index is 0.211. The van der Waals surface area contributed by atoms with Gasteiger partial charge in [-0.05, 0) is 42.5 Å². The summed E-state index contributed by atoms with van der Waals surface area (Å²) < 4.78 is 0. The quantitative estimate of drug-likeness (QED) is 0.734. The molecule has 3 N–H and O–H groups in total. The number of nitrogens with one attached hydrogen (secondary N) is 2. The molecule has 1 aromatic carbocycles. The summed E-state index contributed by atoms with van der Waals surface area (Å²) in [6.07, 6.45) is 4.28. The SMILES string of the molecule is Cc1cnccc1CCNC(=O)NCCC(O)c1ccccc1. The number of rotatable bonds is 7. The highest BCUT2D eigenvalue weighted by Gasteiger charge is 2.07. The Morgan fingerprint density at radius 1 is 1.17 bits per heavy atom. The fraction of sp³-hybridized carbons (Fsp3) is 0.333. The molecule has 0 fully saturated rings. The van der Waals surface area contributed by atoms with Gasteiger partial charge in [-0.1, -0.05) is 30.3 Å². The molecule has 1 unspecified atom stereocenters. The molecule has 122 valence electrons. The molecular weight excluding hydrogens is 290 g/mol. The molecule has 5 heteroatoms. The summed E-state index contributed by atoms with van der Waals surface area (Å²) in [6, 6.07) is 11.2. The zero-order valence-corrected chi connectivity index (χ0v) is 13.3. The van der Waals surface area contributed by atoms with E-state index in [1.165, 1.54) is 5.56 Å². The van der Waals surface area contributed by atoms with Crippen LogP contribution in [0.1, 0.15) is 29.2 Å². The van der Waals surface area contributed by atoms with Crippen LogP contribution in [0.5, 0.6) is 0 Å². The topological polar surface area (TPSA) is 74.2 Å². The molecule has 0 bridgehead atoms. The second-order valence-corrected chi connectivity index (χ2v) is 5.45. The minimum atomic E-state index is -0.559. The van der Waals surface area contributed by atoms with Crippen LogP contribution in [0.25, 0.3) is 0 Å². The number of aromatic nitrogens is 1. The zero-order valence-electron chi connectivity index (χ0n) is 13.3. The molecule has 2 rings (SSSR count). The molecule has 1 heterocycles. The van der Waals surface area contributed by atoms with E-state index in [-0.39, 0.29) is 6.03 Å². The summed E-state index contributed by atoms with van der Waals surface area (Å²) in [5, 5.41) is 15.6. The zero-order chi connectivity index (χ0) is 16.5. The monoisotopic (exact) mass is 313 g/mol. The number of aliphatic hydroxyl groups is 1. The number of hydrogen-bond acceptors (Lipinski definition) is 3. The molecular formula is C18H23N3O2. The Bertz CT molecular complexity index is 617. The van der Waals surface area contributed by atoms with Crippen LogP contribution >= 0.6 is 0 Å². The van der Waals surface area contributed by atoms with E-state index in [9.17, 15) is 9.90 Å². The van der Waals surface area contributed by atoms with Crippen molar-refractivity contribution in [3.05, 3.63) is 65.5 Å². The lowest BCUT2D eigenvalue weighted by Crippen LogP contribution is -2.37. The number of nitrogens with zero attached hydrogens (tertiary/aromatic N) is 1. The van der Waals surface area contributed by atoms with Crippen molar-refractivity contribution < 1.29 is 9.90 Å². The molecule has 1 atom stereocenters. The summed E-state index contributed by atoms with van der Waals surface area (Å²) in [6.45, 7) is 3.00. The standard InChI is InChI=1S/C18H23N3O2/c1-14-13-19-10-7-15(14)8-11-20-18(23)21-12-9-17(22)16-5-3-2-4-6-16/h2-7,10,13,17,22H,8-9,11-12H2,1H3,(H2,20,21,23). The first kappa shape index (κ1) is 17.0. The Morgan fingerprint density at radius 2 is 1.91 bits per heavy atom. The van der Waals surface area contributed by atoms with Crippen LogP contribution in [-0.2, 0) is 6.42 Å². The Hall–Kier alpha value is -2.40. The predicted octanol–water partition coefficient (Wildman–Crippen LogP) is 2.36. The van der Waals surface area contributed by atoms with Gasteiger partial charge in [0.05, 0.1) is 6.10 Å². The average molecular weight is 313 g/mol. The van der Waals surface area contributed by atoms with E-state index < -0.39 is 6.10 Å². The van der Waals surface area contributed by atoms with E-state index in [4.69, 9.17) is 0 Å². The molecule has 2 amide bonds. The van der Waals surface area contributed by atoms with Gasteiger partial charge in [0, 0.05) is 25.5 Å². The number of amides is 2. The number of pyridine rings is 1. The van der Waals surface area contributed by atoms with Crippen molar-refractivity contribution in [3.63, 3.8) is 0 Å². The largest absolute Gasteiger partial charge is 0.388 e. The molecule has 0 saturated heterocycles. The van der Waals surface area contributed by atoms with Crippen molar-refractivity contribution >= 4 is 6.03 Å². The second-order valence-electron chi connectivity index (χ2n) is 5.45. The van der Waals surface area contributed by atoms with Crippen LogP contribution in [0, 0.1) is 6.92 Å². The number of urea groups is 1. The fourth-order valence-electron chi connectivity index (χ4n) is 2.32.